The van der Waals surface area contributed by atoms with Crippen LogP contribution in [0.1, 0.15) is 25.4 Å². The summed E-state index contributed by atoms with van der Waals surface area (Å²) >= 11 is 0.734. The van der Waals surface area contributed by atoms with Crippen LogP contribution < -0.4 is 11.6 Å². The van der Waals surface area contributed by atoms with E-state index in [-0.39, 0.29) is 30.0 Å². The Balaban J connectivity index is 2.32. The van der Waals surface area contributed by atoms with E-state index in [9.17, 15) is 14.4 Å². The molecule has 0 saturated carbocycles. The second kappa shape index (κ2) is 7.89. The third kappa shape index (κ3) is 6.05. The predicted octanol–water partition coefficient (Wildman–Crippen LogP) is 1.19. The second-order valence-electron chi connectivity index (χ2n) is 4.38. The molecule has 1 atom stereocenters. The molecule has 0 aliphatic rings. The van der Waals surface area contributed by atoms with Crippen LogP contribution in [0.15, 0.2) is 13.6 Å². The Labute approximate surface area is 124 Å². The number of rotatable bonds is 6. The van der Waals surface area contributed by atoms with Crippen LogP contribution in [0.3, 0.4) is 0 Å². The molecule has 0 unspecified atom stereocenters. The summed E-state index contributed by atoms with van der Waals surface area (Å²) in [7, 11) is 0. The molecule has 2 N–H and O–H groups in total. The van der Waals surface area contributed by atoms with Crippen molar-refractivity contribution in [2.24, 2.45) is 5.73 Å². The molecule has 0 aliphatic carbocycles. The zero-order valence-electron chi connectivity index (χ0n) is 11.9. The number of hydrogen-bond donors (Lipinski definition) is 1. The minimum Gasteiger partial charge on any atom is -0.462 e. The molecule has 1 aromatic rings. The van der Waals surface area contributed by atoms with Gasteiger partial charge in [0, 0.05) is 5.75 Å². The van der Waals surface area contributed by atoms with Crippen molar-refractivity contribution in [3.8, 4) is 0 Å². The molecule has 1 aromatic heterocycles. The third-order valence-corrected chi connectivity index (χ3v) is 3.07. The highest BCUT2D eigenvalue weighted by Crippen LogP contribution is 2.12. The fourth-order valence-electron chi connectivity index (χ4n) is 1.22. The van der Waals surface area contributed by atoms with Crippen LogP contribution in [0.2, 0.25) is 0 Å². The molecule has 0 aromatic carbocycles. The van der Waals surface area contributed by atoms with E-state index < -0.39 is 23.1 Å². The average molecular weight is 319 g/mol. The highest BCUT2D eigenvalue weighted by molar-refractivity contribution is 8.13. The monoisotopic (exact) mass is 319 g/mol. The van der Waals surface area contributed by atoms with Gasteiger partial charge in [0.25, 0.3) is 0 Å². The van der Waals surface area contributed by atoms with Gasteiger partial charge in [-0.15, -0.1) is 0 Å². The SMILES string of the molecule is Cc1oc(=O)oc1COC(=O)SC[C@H](N)C(=O)OC(C)C. The van der Waals surface area contributed by atoms with Gasteiger partial charge < -0.3 is 24.0 Å². The molecule has 0 aliphatic heterocycles. The van der Waals surface area contributed by atoms with Crippen molar-refractivity contribution in [2.75, 3.05) is 5.75 Å². The van der Waals surface area contributed by atoms with Gasteiger partial charge in [0.2, 0.25) is 0 Å². The van der Waals surface area contributed by atoms with E-state index in [1.165, 1.54) is 6.92 Å². The number of esters is 1. The highest BCUT2D eigenvalue weighted by atomic mass is 32.2. The van der Waals surface area contributed by atoms with Crippen LogP contribution in [-0.4, -0.2) is 29.2 Å². The standard InChI is InChI=1S/C12H17NO7S/c1-6(2)18-10(14)8(13)5-21-12(16)17-4-9-7(3)19-11(15)20-9/h6,8H,4-5,13H2,1-3H3/t8-/m0/s1. The number of carbonyl (C=O) groups is 2. The van der Waals surface area contributed by atoms with E-state index in [4.69, 9.17) is 15.2 Å². The Kier molecular flexibility index (Phi) is 6.50. The number of thioether (sulfide) groups is 1. The predicted molar refractivity (Wildman–Crippen MR) is 73.8 cm³/mol. The number of carbonyl (C=O) groups excluding carboxylic acids is 2. The molecule has 0 spiro atoms. The Morgan fingerprint density at radius 2 is 2.00 bits per heavy atom. The molecule has 118 valence electrons. The highest BCUT2D eigenvalue weighted by Gasteiger charge is 2.19. The maximum atomic E-state index is 11.5. The molecule has 21 heavy (non-hydrogen) atoms. The molecular formula is C12H17NO7S. The van der Waals surface area contributed by atoms with Crippen LogP contribution in [0.5, 0.6) is 0 Å². The van der Waals surface area contributed by atoms with Crippen LogP contribution in [0.25, 0.3) is 0 Å². The lowest BCUT2D eigenvalue weighted by atomic mass is 10.3. The van der Waals surface area contributed by atoms with Crippen molar-refractivity contribution < 1.29 is 27.9 Å². The van der Waals surface area contributed by atoms with E-state index in [0.29, 0.717) is 0 Å². The second-order valence-corrected chi connectivity index (χ2v) is 5.33. The lowest BCUT2D eigenvalue weighted by molar-refractivity contribution is -0.148. The Morgan fingerprint density at radius 3 is 2.52 bits per heavy atom. The fraction of sp³-hybridized carbons (Fsp3) is 0.583. The Morgan fingerprint density at radius 1 is 1.33 bits per heavy atom. The molecule has 9 heteroatoms. The van der Waals surface area contributed by atoms with Gasteiger partial charge >= 0.3 is 17.1 Å². The Bertz CT molecular complexity index is 548. The third-order valence-electron chi connectivity index (χ3n) is 2.19. The van der Waals surface area contributed by atoms with Gasteiger partial charge in [0.15, 0.2) is 18.1 Å². The summed E-state index contributed by atoms with van der Waals surface area (Å²) < 4.78 is 19.0. The van der Waals surface area contributed by atoms with Gasteiger partial charge in [-0.25, -0.2) is 9.59 Å². The summed E-state index contributed by atoms with van der Waals surface area (Å²) in [5.41, 5.74) is 5.57. The molecule has 1 rings (SSSR count). The van der Waals surface area contributed by atoms with E-state index >= 15 is 0 Å². The normalized spacial score (nSPS) is 12.2. The minimum atomic E-state index is -0.918. The number of nitrogens with two attached hydrogens (primary N) is 1. The summed E-state index contributed by atoms with van der Waals surface area (Å²) in [6, 6.07) is -0.918. The maximum Gasteiger partial charge on any atom is 0.519 e. The van der Waals surface area contributed by atoms with Gasteiger partial charge in [0.1, 0.15) is 6.04 Å². The summed E-state index contributed by atoms with van der Waals surface area (Å²) in [6.07, 6.45) is -0.271. The zero-order chi connectivity index (χ0) is 16.0. The van der Waals surface area contributed by atoms with Gasteiger partial charge in [-0.05, 0) is 32.5 Å². The van der Waals surface area contributed by atoms with Gasteiger partial charge in [-0.3, -0.25) is 4.79 Å². The van der Waals surface area contributed by atoms with Crippen molar-refractivity contribution in [1.29, 1.82) is 0 Å². The molecular weight excluding hydrogens is 302 g/mol. The van der Waals surface area contributed by atoms with Crippen molar-refractivity contribution in [3.05, 3.63) is 22.1 Å². The molecule has 0 amide bonds. The first-order chi connectivity index (χ1) is 9.79. The average Bonchev–Trinajstić information content (AvgIpc) is 2.71. The lowest BCUT2D eigenvalue weighted by Gasteiger charge is -2.12. The van der Waals surface area contributed by atoms with E-state index in [0.717, 1.165) is 11.8 Å². The quantitative estimate of drug-likeness (QED) is 0.770. The molecule has 1 heterocycles. The van der Waals surface area contributed by atoms with Crippen LogP contribution in [0.4, 0.5) is 4.79 Å². The first-order valence-electron chi connectivity index (χ1n) is 6.14. The van der Waals surface area contributed by atoms with Crippen LogP contribution >= 0.6 is 11.8 Å². The summed E-state index contributed by atoms with van der Waals surface area (Å²) in [5.74, 6) is -1.03. The summed E-state index contributed by atoms with van der Waals surface area (Å²) in [5, 5.41) is -0.647. The molecule has 0 fully saturated rings. The minimum absolute atomic E-state index is 0.0265. The molecule has 0 bridgehead atoms. The van der Waals surface area contributed by atoms with E-state index in [1.807, 2.05) is 0 Å². The van der Waals surface area contributed by atoms with Gasteiger partial charge in [-0.1, -0.05) is 0 Å². The summed E-state index contributed by atoms with van der Waals surface area (Å²) in [4.78, 5) is 33.7. The Hall–Kier alpha value is -1.74. The lowest BCUT2D eigenvalue weighted by Crippen LogP contribution is -2.36. The fourth-order valence-corrected chi connectivity index (χ4v) is 1.81. The zero-order valence-corrected chi connectivity index (χ0v) is 12.7. The number of ether oxygens (including phenoxy) is 2. The number of hydrogen-bond acceptors (Lipinski definition) is 9. The van der Waals surface area contributed by atoms with Crippen LogP contribution in [-0.2, 0) is 20.9 Å². The van der Waals surface area contributed by atoms with Crippen molar-refractivity contribution in [2.45, 2.75) is 39.5 Å². The maximum absolute atomic E-state index is 11.5. The summed E-state index contributed by atoms with van der Waals surface area (Å²) in [6.45, 7) is 4.69. The molecule has 0 radical (unpaired) electrons. The van der Waals surface area contributed by atoms with Gasteiger partial charge in [0.05, 0.1) is 6.10 Å². The largest absolute Gasteiger partial charge is 0.519 e. The first-order valence-corrected chi connectivity index (χ1v) is 7.13. The first kappa shape index (κ1) is 17.3. The molecule has 8 nitrogen and oxygen atoms in total. The number of aryl methyl sites for hydroxylation is 1. The van der Waals surface area contributed by atoms with Crippen molar-refractivity contribution >= 4 is 23.0 Å². The van der Waals surface area contributed by atoms with E-state index in [1.54, 1.807) is 13.8 Å². The van der Waals surface area contributed by atoms with Gasteiger partial charge in [-0.2, -0.15) is 0 Å². The van der Waals surface area contributed by atoms with Crippen molar-refractivity contribution in [3.63, 3.8) is 0 Å². The topological polar surface area (TPSA) is 122 Å². The van der Waals surface area contributed by atoms with E-state index in [2.05, 4.69) is 8.83 Å². The molecule has 0 saturated heterocycles. The van der Waals surface area contributed by atoms with Crippen molar-refractivity contribution in [1.82, 2.24) is 0 Å². The smallest absolute Gasteiger partial charge is 0.462 e. The van der Waals surface area contributed by atoms with Crippen LogP contribution in [0, 0.1) is 6.92 Å².